The lowest BCUT2D eigenvalue weighted by Gasteiger charge is -2.05. The lowest BCUT2D eigenvalue weighted by Crippen LogP contribution is -2.03. The third kappa shape index (κ3) is 2.59. The van der Waals surface area contributed by atoms with Crippen LogP contribution < -0.4 is 10.5 Å². The van der Waals surface area contributed by atoms with Gasteiger partial charge < -0.3 is 10.5 Å². The number of nitrogens with two attached hydrogens (primary N) is 1. The Bertz CT molecular complexity index is 393. The third-order valence-electron chi connectivity index (χ3n) is 2.18. The molecule has 0 unspecified atom stereocenters. The van der Waals surface area contributed by atoms with Crippen LogP contribution in [0.3, 0.4) is 0 Å². The van der Waals surface area contributed by atoms with Crippen LogP contribution in [0.1, 0.15) is 31.0 Å². The van der Waals surface area contributed by atoms with Gasteiger partial charge in [0.05, 0.1) is 0 Å². The molecule has 1 saturated carbocycles. The van der Waals surface area contributed by atoms with Crippen LogP contribution >= 0.6 is 0 Å². The summed E-state index contributed by atoms with van der Waals surface area (Å²) in [6.07, 6.45) is 7.99. The zero-order chi connectivity index (χ0) is 10.7. The second kappa shape index (κ2) is 4.18. The van der Waals surface area contributed by atoms with Crippen LogP contribution in [0, 0.1) is 12.3 Å². The highest BCUT2D eigenvalue weighted by molar-refractivity contribution is 5.34. The van der Waals surface area contributed by atoms with E-state index in [1.807, 2.05) is 0 Å². The predicted octanol–water partition coefficient (Wildman–Crippen LogP) is 1.34. The van der Waals surface area contributed by atoms with Gasteiger partial charge in [-0.2, -0.15) is 4.98 Å². The second-order valence-corrected chi connectivity index (χ2v) is 3.57. The topological polar surface area (TPSA) is 61.0 Å². The maximum absolute atomic E-state index is 5.66. The van der Waals surface area contributed by atoms with Gasteiger partial charge in [-0.1, -0.05) is 0 Å². The van der Waals surface area contributed by atoms with Crippen molar-refractivity contribution in [2.75, 3.05) is 12.3 Å². The molecule has 1 aliphatic carbocycles. The third-order valence-corrected chi connectivity index (χ3v) is 2.18. The largest absolute Gasteiger partial charge is 0.477 e. The van der Waals surface area contributed by atoms with Crippen molar-refractivity contribution in [3.8, 4) is 18.2 Å². The molecule has 1 aromatic rings. The molecule has 78 valence electrons. The number of aromatic nitrogens is 2. The number of rotatable bonds is 4. The molecule has 0 saturated heterocycles. The van der Waals surface area contributed by atoms with E-state index in [9.17, 15) is 0 Å². The average molecular weight is 203 g/mol. The first-order chi connectivity index (χ1) is 7.29. The van der Waals surface area contributed by atoms with Crippen molar-refractivity contribution in [2.24, 2.45) is 0 Å². The standard InChI is InChI=1S/C11H13N3O/c1-2-3-6-15-10-7-9(12)13-11(14-10)8-4-5-8/h1,7-8H,3-6H2,(H2,12,13,14). The Morgan fingerprint density at radius 2 is 2.33 bits per heavy atom. The lowest BCUT2D eigenvalue weighted by atomic mass is 10.4. The summed E-state index contributed by atoms with van der Waals surface area (Å²) in [5, 5.41) is 0. The van der Waals surface area contributed by atoms with Crippen molar-refractivity contribution in [1.29, 1.82) is 0 Å². The fourth-order valence-corrected chi connectivity index (χ4v) is 1.27. The highest BCUT2D eigenvalue weighted by atomic mass is 16.5. The van der Waals surface area contributed by atoms with Crippen LogP contribution in [0.25, 0.3) is 0 Å². The molecule has 1 aromatic heterocycles. The van der Waals surface area contributed by atoms with E-state index in [-0.39, 0.29) is 0 Å². The molecule has 0 aliphatic heterocycles. The van der Waals surface area contributed by atoms with Gasteiger partial charge in [-0.05, 0) is 12.8 Å². The summed E-state index contributed by atoms with van der Waals surface area (Å²) in [5.74, 6) is 4.76. The van der Waals surface area contributed by atoms with Crippen molar-refractivity contribution >= 4 is 5.82 Å². The molecule has 2 rings (SSSR count). The van der Waals surface area contributed by atoms with Gasteiger partial charge in [0.25, 0.3) is 0 Å². The molecule has 1 aliphatic rings. The van der Waals surface area contributed by atoms with Gasteiger partial charge in [0.1, 0.15) is 18.2 Å². The Labute approximate surface area is 88.9 Å². The quantitative estimate of drug-likeness (QED) is 0.592. The monoisotopic (exact) mass is 203 g/mol. The van der Waals surface area contributed by atoms with Gasteiger partial charge in [0.2, 0.25) is 5.88 Å². The van der Waals surface area contributed by atoms with Gasteiger partial charge >= 0.3 is 0 Å². The number of ether oxygens (including phenoxy) is 1. The van der Waals surface area contributed by atoms with Crippen molar-refractivity contribution in [3.05, 3.63) is 11.9 Å². The van der Waals surface area contributed by atoms with E-state index in [1.54, 1.807) is 6.07 Å². The Hall–Kier alpha value is -1.76. The molecule has 0 spiro atoms. The molecule has 1 fully saturated rings. The molecule has 1 heterocycles. The van der Waals surface area contributed by atoms with E-state index in [1.165, 1.54) is 0 Å². The minimum atomic E-state index is 0.461. The Morgan fingerprint density at radius 3 is 3.00 bits per heavy atom. The lowest BCUT2D eigenvalue weighted by molar-refractivity contribution is 0.313. The van der Waals surface area contributed by atoms with E-state index in [2.05, 4.69) is 15.9 Å². The van der Waals surface area contributed by atoms with Gasteiger partial charge in [0, 0.05) is 18.4 Å². The smallest absolute Gasteiger partial charge is 0.218 e. The predicted molar refractivity (Wildman–Crippen MR) is 57.4 cm³/mol. The molecular formula is C11H13N3O. The maximum Gasteiger partial charge on any atom is 0.218 e. The molecule has 2 N–H and O–H groups in total. The maximum atomic E-state index is 5.66. The summed E-state index contributed by atoms with van der Waals surface area (Å²) in [6.45, 7) is 0.469. The molecular weight excluding hydrogens is 190 g/mol. The van der Waals surface area contributed by atoms with E-state index in [0.717, 1.165) is 18.7 Å². The highest BCUT2D eigenvalue weighted by Crippen LogP contribution is 2.38. The zero-order valence-corrected chi connectivity index (χ0v) is 8.44. The molecule has 4 heteroatoms. The Morgan fingerprint density at radius 1 is 1.53 bits per heavy atom. The Balaban J connectivity index is 2.06. The van der Waals surface area contributed by atoms with E-state index >= 15 is 0 Å². The summed E-state index contributed by atoms with van der Waals surface area (Å²) in [4.78, 5) is 8.46. The minimum absolute atomic E-state index is 0.461. The number of nitrogen functional groups attached to an aromatic ring is 1. The van der Waals surface area contributed by atoms with Gasteiger partial charge in [-0.3, -0.25) is 0 Å². The number of hydrogen-bond acceptors (Lipinski definition) is 4. The summed E-state index contributed by atoms with van der Waals surface area (Å²) in [6, 6.07) is 1.63. The highest BCUT2D eigenvalue weighted by Gasteiger charge is 2.27. The van der Waals surface area contributed by atoms with Gasteiger partial charge in [-0.15, -0.1) is 12.3 Å². The summed E-state index contributed by atoms with van der Waals surface area (Å²) < 4.78 is 5.37. The normalized spacial score (nSPS) is 14.6. The number of hydrogen-bond donors (Lipinski definition) is 1. The molecule has 0 radical (unpaired) electrons. The zero-order valence-electron chi connectivity index (χ0n) is 8.44. The van der Waals surface area contributed by atoms with Crippen molar-refractivity contribution < 1.29 is 4.74 Å². The number of anilines is 1. The average Bonchev–Trinajstić information content (AvgIpc) is 3.00. The SMILES string of the molecule is C#CCCOc1cc(N)nc(C2CC2)n1. The van der Waals surface area contributed by atoms with Crippen LogP contribution in [-0.2, 0) is 0 Å². The first-order valence-electron chi connectivity index (χ1n) is 5.00. The molecule has 0 aromatic carbocycles. The van der Waals surface area contributed by atoms with Crippen molar-refractivity contribution in [1.82, 2.24) is 9.97 Å². The van der Waals surface area contributed by atoms with Gasteiger partial charge in [0.15, 0.2) is 0 Å². The fraction of sp³-hybridized carbons (Fsp3) is 0.455. The molecule has 0 atom stereocenters. The summed E-state index contributed by atoms with van der Waals surface area (Å²) in [7, 11) is 0. The van der Waals surface area contributed by atoms with Crippen molar-refractivity contribution in [2.45, 2.75) is 25.2 Å². The van der Waals surface area contributed by atoms with Crippen LogP contribution in [-0.4, -0.2) is 16.6 Å². The first kappa shape index (κ1) is 9.78. The molecule has 0 bridgehead atoms. The number of terminal acetylenes is 1. The number of nitrogens with zero attached hydrogens (tertiary/aromatic N) is 2. The fourth-order valence-electron chi connectivity index (χ4n) is 1.27. The van der Waals surface area contributed by atoms with Crippen molar-refractivity contribution in [3.63, 3.8) is 0 Å². The van der Waals surface area contributed by atoms with E-state index in [0.29, 0.717) is 30.6 Å². The summed E-state index contributed by atoms with van der Waals surface area (Å²) >= 11 is 0. The van der Waals surface area contributed by atoms with Crippen LogP contribution in [0.15, 0.2) is 6.07 Å². The second-order valence-electron chi connectivity index (χ2n) is 3.57. The van der Waals surface area contributed by atoms with Crippen LogP contribution in [0.4, 0.5) is 5.82 Å². The first-order valence-corrected chi connectivity index (χ1v) is 5.00. The molecule has 4 nitrogen and oxygen atoms in total. The van der Waals surface area contributed by atoms with E-state index < -0.39 is 0 Å². The van der Waals surface area contributed by atoms with Crippen LogP contribution in [0.2, 0.25) is 0 Å². The van der Waals surface area contributed by atoms with Crippen LogP contribution in [0.5, 0.6) is 5.88 Å². The van der Waals surface area contributed by atoms with Gasteiger partial charge in [-0.25, -0.2) is 4.98 Å². The Kier molecular flexibility index (Phi) is 2.72. The molecule has 0 amide bonds. The summed E-state index contributed by atoms with van der Waals surface area (Å²) in [5.41, 5.74) is 5.66. The molecule has 15 heavy (non-hydrogen) atoms. The van der Waals surface area contributed by atoms with E-state index in [4.69, 9.17) is 16.9 Å². The minimum Gasteiger partial charge on any atom is -0.477 e.